The van der Waals surface area contributed by atoms with Crippen molar-refractivity contribution in [2.45, 2.75) is 18.2 Å². The Bertz CT molecular complexity index is 660. The third-order valence-electron chi connectivity index (χ3n) is 2.68. The highest BCUT2D eigenvalue weighted by Gasteiger charge is 2.18. The summed E-state index contributed by atoms with van der Waals surface area (Å²) in [6.45, 7) is -0.199. The zero-order valence-electron chi connectivity index (χ0n) is 10.9. The van der Waals surface area contributed by atoms with Gasteiger partial charge in [-0.05, 0) is 29.8 Å². The number of furan rings is 1. The predicted octanol–water partition coefficient (Wildman–Crippen LogP) is 1.26. The van der Waals surface area contributed by atoms with Gasteiger partial charge in [0, 0.05) is 6.54 Å². The van der Waals surface area contributed by atoms with Gasteiger partial charge in [0.25, 0.3) is 10.0 Å². The Labute approximate surface area is 117 Å². The van der Waals surface area contributed by atoms with E-state index in [4.69, 9.17) is 14.3 Å². The average molecular weight is 297 g/mol. The van der Waals surface area contributed by atoms with Gasteiger partial charge in [0.2, 0.25) is 5.09 Å². The van der Waals surface area contributed by atoms with Crippen molar-refractivity contribution in [1.82, 2.24) is 4.72 Å². The van der Waals surface area contributed by atoms with Gasteiger partial charge >= 0.3 is 0 Å². The lowest BCUT2D eigenvalue weighted by Gasteiger charge is -2.05. The van der Waals surface area contributed by atoms with Gasteiger partial charge in [0.1, 0.15) is 18.1 Å². The maximum Gasteiger partial charge on any atom is 0.274 e. The van der Waals surface area contributed by atoms with Crippen LogP contribution in [0.25, 0.3) is 0 Å². The average Bonchev–Trinajstić information content (AvgIpc) is 2.95. The second-order valence-corrected chi connectivity index (χ2v) is 5.75. The van der Waals surface area contributed by atoms with Crippen LogP contribution in [-0.2, 0) is 23.2 Å². The second kappa shape index (κ2) is 6.08. The summed E-state index contributed by atoms with van der Waals surface area (Å²) in [6, 6.07) is 9.76. The van der Waals surface area contributed by atoms with Crippen LogP contribution in [0.4, 0.5) is 0 Å². The van der Waals surface area contributed by atoms with E-state index in [2.05, 4.69) is 4.72 Å². The lowest BCUT2D eigenvalue weighted by Crippen LogP contribution is -2.22. The van der Waals surface area contributed by atoms with Crippen LogP contribution in [0.1, 0.15) is 11.3 Å². The first-order chi connectivity index (χ1) is 9.55. The van der Waals surface area contributed by atoms with E-state index in [1.165, 1.54) is 12.1 Å². The van der Waals surface area contributed by atoms with Crippen molar-refractivity contribution in [2.75, 3.05) is 7.11 Å². The van der Waals surface area contributed by atoms with Crippen molar-refractivity contribution in [3.05, 3.63) is 47.7 Å². The minimum absolute atomic E-state index is 0.140. The monoisotopic (exact) mass is 297 g/mol. The summed E-state index contributed by atoms with van der Waals surface area (Å²) in [5.74, 6) is 0.907. The minimum Gasteiger partial charge on any atom is -0.497 e. The molecule has 0 amide bonds. The summed E-state index contributed by atoms with van der Waals surface area (Å²) in [5, 5.41) is 8.64. The molecule has 2 rings (SSSR count). The van der Waals surface area contributed by atoms with Crippen LogP contribution in [0.3, 0.4) is 0 Å². The number of sulfonamides is 1. The Morgan fingerprint density at radius 3 is 2.45 bits per heavy atom. The highest BCUT2D eigenvalue weighted by molar-refractivity contribution is 7.89. The summed E-state index contributed by atoms with van der Waals surface area (Å²) in [7, 11) is -2.16. The quantitative estimate of drug-likeness (QED) is 0.838. The van der Waals surface area contributed by atoms with Crippen molar-refractivity contribution in [3.8, 4) is 5.75 Å². The molecule has 0 saturated heterocycles. The number of ether oxygens (including phenoxy) is 1. The summed E-state index contributed by atoms with van der Waals surface area (Å²) in [4.78, 5) is 0. The number of aliphatic hydroxyl groups is 1. The SMILES string of the molecule is COc1ccc(CNS(=O)(=O)c2ccc(CO)o2)cc1. The van der Waals surface area contributed by atoms with E-state index in [-0.39, 0.29) is 24.0 Å². The highest BCUT2D eigenvalue weighted by atomic mass is 32.2. The van der Waals surface area contributed by atoms with Crippen molar-refractivity contribution >= 4 is 10.0 Å². The Morgan fingerprint density at radius 2 is 1.90 bits per heavy atom. The van der Waals surface area contributed by atoms with Crippen molar-refractivity contribution < 1.29 is 22.7 Å². The van der Waals surface area contributed by atoms with E-state index < -0.39 is 10.0 Å². The van der Waals surface area contributed by atoms with Gasteiger partial charge in [-0.25, -0.2) is 13.1 Å². The van der Waals surface area contributed by atoms with Gasteiger partial charge in [-0.2, -0.15) is 0 Å². The number of methoxy groups -OCH3 is 1. The molecule has 1 heterocycles. The van der Waals surface area contributed by atoms with Gasteiger partial charge < -0.3 is 14.3 Å². The number of rotatable bonds is 6. The number of aliphatic hydroxyl groups excluding tert-OH is 1. The van der Waals surface area contributed by atoms with Crippen LogP contribution in [0.2, 0.25) is 0 Å². The molecule has 0 aliphatic heterocycles. The van der Waals surface area contributed by atoms with Crippen molar-refractivity contribution in [1.29, 1.82) is 0 Å². The fourth-order valence-electron chi connectivity index (χ4n) is 1.58. The summed E-state index contributed by atoms with van der Waals surface area (Å²) in [5.41, 5.74) is 0.795. The van der Waals surface area contributed by atoms with Gasteiger partial charge in [-0.3, -0.25) is 0 Å². The molecule has 108 valence electrons. The molecule has 1 aromatic heterocycles. The third-order valence-corrected chi connectivity index (χ3v) is 3.96. The molecular weight excluding hydrogens is 282 g/mol. The Hall–Kier alpha value is -1.83. The molecule has 1 aromatic carbocycles. The van der Waals surface area contributed by atoms with Crippen LogP contribution in [0.5, 0.6) is 5.75 Å². The second-order valence-electron chi connectivity index (χ2n) is 4.05. The first-order valence-corrected chi connectivity index (χ1v) is 7.35. The summed E-state index contributed by atoms with van der Waals surface area (Å²) in [6.07, 6.45) is 0. The molecule has 2 aromatic rings. The van der Waals surface area contributed by atoms with E-state index in [0.717, 1.165) is 5.56 Å². The number of nitrogens with one attached hydrogen (secondary N) is 1. The van der Waals surface area contributed by atoms with E-state index >= 15 is 0 Å². The molecule has 0 saturated carbocycles. The van der Waals surface area contributed by atoms with Gasteiger partial charge in [-0.1, -0.05) is 12.1 Å². The first kappa shape index (κ1) is 14.6. The molecule has 2 N–H and O–H groups in total. The Balaban J connectivity index is 2.04. The molecule has 0 fully saturated rings. The Kier molecular flexibility index (Phi) is 4.43. The van der Waals surface area contributed by atoms with Crippen LogP contribution in [-0.4, -0.2) is 20.6 Å². The lowest BCUT2D eigenvalue weighted by atomic mass is 10.2. The maximum absolute atomic E-state index is 11.9. The maximum atomic E-state index is 11.9. The van der Waals surface area contributed by atoms with Crippen LogP contribution in [0, 0.1) is 0 Å². The van der Waals surface area contributed by atoms with Crippen LogP contribution in [0.15, 0.2) is 45.9 Å². The van der Waals surface area contributed by atoms with Gasteiger partial charge in [-0.15, -0.1) is 0 Å². The molecule has 0 radical (unpaired) electrons. The fraction of sp³-hybridized carbons (Fsp3) is 0.231. The lowest BCUT2D eigenvalue weighted by molar-refractivity contribution is 0.236. The van der Waals surface area contributed by atoms with Gasteiger partial charge in [0.05, 0.1) is 7.11 Å². The van der Waals surface area contributed by atoms with Crippen molar-refractivity contribution in [3.63, 3.8) is 0 Å². The number of hydrogen-bond acceptors (Lipinski definition) is 5. The van der Waals surface area contributed by atoms with E-state index in [0.29, 0.717) is 5.75 Å². The molecular formula is C13H15NO5S. The normalized spacial score (nSPS) is 11.5. The molecule has 0 spiro atoms. The number of hydrogen-bond donors (Lipinski definition) is 2. The molecule has 0 unspecified atom stereocenters. The van der Waals surface area contributed by atoms with Crippen LogP contribution < -0.4 is 9.46 Å². The zero-order valence-corrected chi connectivity index (χ0v) is 11.7. The number of benzene rings is 1. The minimum atomic E-state index is -3.72. The van der Waals surface area contributed by atoms with E-state index in [1.807, 2.05) is 0 Å². The van der Waals surface area contributed by atoms with E-state index in [1.54, 1.807) is 31.4 Å². The Morgan fingerprint density at radius 1 is 1.20 bits per heavy atom. The topological polar surface area (TPSA) is 88.8 Å². The summed E-state index contributed by atoms with van der Waals surface area (Å²) < 4.78 is 36.3. The largest absolute Gasteiger partial charge is 0.497 e. The van der Waals surface area contributed by atoms with Gasteiger partial charge in [0.15, 0.2) is 0 Å². The molecule has 6 nitrogen and oxygen atoms in total. The molecule has 0 aliphatic rings. The highest BCUT2D eigenvalue weighted by Crippen LogP contribution is 2.15. The van der Waals surface area contributed by atoms with E-state index in [9.17, 15) is 8.42 Å². The molecule has 0 aliphatic carbocycles. The molecule has 0 bridgehead atoms. The van der Waals surface area contributed by atoms with Crippen LogP contribution >= 0.6 is 0 Å². The molecule has 20 heavy (non-hydrogen) atoms. The fourth-order valence-corrected chi connectivity index (χ4v) is 2.54. The zero-order chi connectivity index (χ0) is 14.6. The smallest absolute Gasteiger partial charge is 0.274 e. The third kappa shape index (κ3) is 3.38. The molecule has 7 heteroatoms. The summed E-state index contributed by atoms with van der Waals surface area (Å²) >= 11 is 0. The molecule has 0 atom stereocenters. The standard InChI is InChI=1S/C13H15NO5S/c1-18-11-4-2-10(3-5-11)8-14-20(16,17)13-7-6-12(9-15)19-13/h2-7,14-15H,8-9H2,1H3. The first-order valence-electron chi connectivity index (χ1n) is 5.87. The predicted molar refractivity (Wildman–Crippen MR) is 71.7 cm³/mol. The van der Waals surface area contributed by atoms with Crippen molar-refractivity contribution in [2.24, 2.45) is 0 Å².